The van der Waals surface area contributed by atoms with Crippen molar-refractivity contribution in [2.75, 3.05) is 6.61 Å². The molecule has 1 aromatic carbocycles. The second-order valence-corrected chi connectivity index (χ2v) is 9.37. The molecule has 2 aliphatic heterocycles. The van der Waals surface area contributed by atoms with Crippen LogP contribution in [0, 0.1) is 6.92 Å². The first-order valence-electron chi connectivity index (χ1n) is 8.91. The number of aromatic amines is 1. The van der Waals surface area contributed by atoms with Gasteiger partial charge in [0.1, 0.15) is 22.8 Å². The Labute approximate surface area is 180 Å². The van der Waals surface area contributed by atoms with Crippen LogP contribution < -0.4 is 15.8 Å². The average Bonchev–Trinajstić information content (AvgIpc) is 3.17. The van der Waals surface area contributed by atoms with Gasteiger partial charge in [-0.15, -0.1) is 23.2 Å². The van der Waals surface area contributed by atoms with E-state index in [1.165, 1.54) is 10.8 Å². The minimum atomic E-state index is -4.02. The predicted octanol–water partition coefficient (Wildman–Crippen LogP) is 3.38. The molecule has 0 saturated heterocycles. The third-order valence-electron chi connectivity index (χ3n) is 4.53. The van der Waals surface area contributed by atoms with E-state index < -0.39 is 42.3 Å². The number of benzene rings is 1. The topological polar surface area (TPSA) is 109 Å². The second-order valence-electron chi connectivity index (χ2n) is 6.66. The number of nitrogens with zero attached hydrogens (tertiary/aromatic N) is 1. The summed E-state index contributed by atoms with van der Waals surface area (Å²) in [5.74, 6) is 0.305. The number of aryl methyl sites for hydroxylation is 1. The molecule has 0 aliphatic carbocycles. The number of para-hydroxylation sites is 1. The van der Waals surface area contributed by atoms with E-state index in [-0.39, 0.29) is 6.61 Å². The van der Waals surface area contributed by atoms with Gasteiger partial charge in [-0.25, -0.2) is 9.36 Å². The first kappa shape index (κ1) is 21.4. The highest BCUT2D eigenvalue weighted by atomic mass is 35.5. The molecule has 0 fully saturated rings. The Morgan fingerprint density at radius 3 is 2.80 bits per heavy atom. The highest BCUT2D eigenvalue weighted by Crippen LogP contribution is 2.60. The molecule has 0 bridgehead atoms. The van der Waals surface area contributed by atoms with Crippen molar-refractivity contribution in [3.63, 3.8) is 0 Å². The SMILES string of the molecule is Cc1cn(C2C=CC(COP3(=O)Oc4ccccc4C(C(Cl)Cl)O3)O2)c(=O)[nH]c1=O. The molecule has 12 heteroatoms. The first-order valence-corrected chi connectivity index (χ1v) is 11.2. The Kier molecular flexibility index (Phi) is 5.94. The standard InChI is InChI=1S/C18H17Cl2N2O7P/c1-10-8-22(18(24)21-17(10)23)14-7-6-11(27-14)9-26-30(25)28-13-5-3-2-4-12(13)15(29-30)16(19)20/h2-8,11,14-16H,9H2,1H3,(H,21,23,24). The van der Waals surface area contributed by atoms with E-state index >= 15 is 0 Å². The molecule has 4 rings (SSSR count). The maximum absolute atomic E-state index is 13.0. The summed E-state index contributed by atoms with van der Waals surface area (Å²) in [6.45, 7) is 1.40. The highest BCUT2D eigenvalue weighted by molar-refractivity contribution is 7.49. The lowest BCUT2D eigenvalue weighted by Crippen LogP contribution is -2.33. The van der Waals surface area contributed by atoms with E-state index in [1.807, 2.05) is 0 Å². The summed E-state index contributed by atoms with van der Waals surface area (Å²) in [5.41, 5.74) is -0.147. The van der Waals surface area contributed by atoms with Gasteiger partial charge in [-0.2, -0.15) is 0 Å². The average molecular weight is 475 g/mol. The quantitative estimate of drug-likeness (QED) is 0.401. The molecule has 4 unspecified atom stereocenters. The van der Waals surface area contributed by atoms with Crippen LogP contribution in [-0.4, -0.2) is 27.1 Å². The number of rotatable bonds is 5. The fourth-order valence-electron chi connectivity index (χ4n) is 3.06. The fraction of sp³-hybridized carbons (Fsp3) is 0.333. The maximum atomic E-state index is 13.0. The molecule has 0 radical (unpaired) electrons. The number of phosphoric ester groups is 1. The molecular weight excluding hydrogens is 458 g/mol. The van der Waals surface area contributed by atoms with Crippen molar-refractivity contribution in [2.45, 2.75) is 30.2 Å². The van der Waals surface area contributed by atoms with E-state index in [9.17, 15) is 14.2 Å². The third kappa shape index (κ3) is 4.27. The van der Waals surface area contributed by atoms with Crippen LogP contribution in [-0.2, 0) is 18.3 Å². The number of hydrogen-bond donors (Lipinski definition) is 1. The number of aromatic nitrogens is 2. The van der Waals surface area contributed by atoms with E-state index in [2.05, 4.69) is 4.98 Å². The van der Waals surface area contributed by atoms with E-state index in [1.54, 1.807) is 43.3 Å². The molecular formula is C18H17Cl2N2O7P. The number of fused-ring (bicyclic) bond motifs is 1. The molecule has 3 heterocycles. The van der Waals surface area contributed by atoms with Crippen LogP contribution in [0.2, 0.25) is 0 Å². The van der Waals surface area contributed by atoms with Gasteiger partial charge < -0.3 is 9.26 Å². The van der Waals surface area contributed by atoms with Gasteiger partial charge in [-0.3, -0.25) is 23.4 Å². The number of alkyl halides is 2. The van der Waals surface area contributed by atoms with Crippen molar-refractivity contribution in [2.24, 2.45) is 0 Å². The minimum absolute atomic E-state index is 0.175. The minimum Gasteiger partial charge on any atom is -0.404 e. The highest BCUT2D eigenvalue weighted by Gasteiger charge is 2.43. The zero-order chi connectivity index (χ0) is 21.5. The Balaban J connectivity index is 1.44. The van der Waals surface area contributed by atoms with Crippen molar-refractivity contribution in [1.29, 1.82) is 0 Å². The molecule has 2 aliphatic rings. The van der Waals surface area contributed by atoms with Crippen LogP contribution in [0.5, 0.6) is 5.75 Å². The zero-order valence-electron chi connectivity index (χ0n) is 15.6. The lowest BCUT2D eigenvalue weighted by atomic mass is 10.1. The third-order valence-corrected chi connectivity index (χ3v) is 6.36. The smallest absolute Gasteiger partial charge is 0.404 e. The normalized spacial score (nSPS) is 27.8. The first-order chi connectivity index (χ1) is 14.3. The summed E-state index contributed by atoms with van der Waals surface area (Å²) in [6, 6.07) is 6.78. The monoisotopic (exact) mass is 474 g/mol. The maximum Gasteiger partial charge on any atom is 0.530 e. The van der Waals surface area contributed by atoms with E-state index in [0.717, 1.165) is 0 Å². The van der Waals surface area contributed by atoms with Crippen molar-refractivity contribution in [1.82, 2.24) is 9.55 Å². The predicted molar refractivity (Wildman–Crippen MR) is 109 cm³/mol. The van der Waals surface area contributed by atoms with Gasteiger partial charge in [0, 0.05) is 17.3 Å². The Hall–Kier alpha value is -1.87. The van der Waals surface area contributed by atoms with Gasteiger partial charge in [-0.05, 0) is 19.1 Å². The number of H-pyrrole nitrogens is 1. The van der Waals surface area contributed by atoms with E-state index in [0.29, 0.717) is 16.9 Å². The van der Waals surface area contributed by atoms with Crippen molar-refractivity contribution >= 4 is 31.0 Å². The number of halogens is 2. The van der Waals surface area contributed by atoms with Crippen molar-refractivity contribution in [3.05, 3.63) is 74.6 Å². The number of phosphoric acid groups is 1. The molecule has 1 aromatic heterocycles. The zero-order valence-corrected chi connectivity index (χ0v) is 18.0. The summed E-state index contributed by atoms with van der Waals surface area (Å²) in [5, 5.41) is 0. The lowest BCUT2D eigenvalue weighted by molar-refractivity contribution is -0.0151. The van der Waals surface area contributed by atoms with Crippen LogP contribution in [0.4, 0.5) is 0 Å². The molecule has 0 amide bonds. The molecule has 30 heavy (non-hydrogen) atoms. The van der Waals surface area contributed by atoms with Gasteiger partial charge in [0.2, 0.25) is 0 Å². The summed E-state index contributed by atoms with van der Waals surface area (Å²) >= 11 is 12.0. The van der Waals surface area contributed by atoms with Crippen LogP contribution in [0.1, 0.15) is 23.5 Å². The molecule has 0 spiro atoms. The Bertz CT molecular complexity index is 1150. The van der Waals surface area contributed by atoms with Crippen LogP contribution in [0.15, 0.2) is 52.2 Å². The number of hydrogen-bond acceptors (Lipinski definition) is 7. The Morgan fingerprint density at radius 2 is 2.03 bits per heavy atom. The number of nitrogens with one attached hydrogen (secondary N) is 1. The van der Waals surface area contributed by atoms with Gasteiger partial charge in [0.15, 0.2) is 6.23 Å². The van der Waals surface area contributed by atoms with E-state index in [4.69, 9.17) is 41.5 Å². The molecule has 0 saturated carbocycles. The summed E-state index contributed by atoms with van der Waals surface area (Å²) < 4.78 is 36.3. The molecule has 1 N–H and O–H groups in total. The Morgan fingerprint density at radius 1 is 1.27 bits per heavy atom. The molecule has 2 aromatic rings. The van der Waals surface area contributed by atoms with Crippen molar-refractivity contribution in [3.8, 4) is 5.75 Å². The fourth-order valence-corrected chi connectivity index (χ4v) is 4.98. The molecule has 160 valence electrons. The van der Waals surface area contributed by atoms with Gasteiger partial charge in [0.05, 0.1) is 6.61 Å². The van der Waals surface area contributed by atoms with Gasteiger partial charge in [0.25, 0.3) is 5.56 Å². The van der Waals surface area contributed by atoms with Crippen molar-refractivity contribution < 1.29 is 22.9 Å². The van der Waals surface area contributed by atoms with Crippen LogP contribution in [0.3, 0.4) is 0 Å². The summed E-state index contributed by atoms with van der Waals surface area (Å²) in [4.78, 5) is 24.8. The second kappa shape index (κ2) is 8.34. The molecule has 4 atom stereocenters. The lowest BCUT2D eigenvalue weighted by Gasteiger charge is -2.31. The summed E-state index contributed by atoms with van der Waals surface area (Å²) in [6.07, 6.45) is 2.39. The number of ether oxygens (including phenoxy) is 1. The van der Waals surface area contributed by atoms with Crippen LogP contribution >= 0.6 is 31.0 Å². The van der Waals surface area contributed by atoms with Crippen LogP contribution in [0.25, 0.3) is 0 Å². The molecule has 9 nitrogen and oxygen atoms in total. The summed E-state index contributed by atoms with van der Waals surface area (Å²) in [7, 11) is -4.02. The largest absolute Gasteiger partial charge is 0.530 e. The van der Waals surface area contributed by atoms with Gasteiger partial charge >= 0.3 is 13.5 Å². The van der Waals surface area contributed by atoms with Gasteiger partial charge in [-0.1, -0.05) is 24.3 Å².